The van der Waals surface area contributed by atoms with Gasteiger partial charge in [0.1, 0.15) is 0 Å². The van der Waals surface area contributed by atoms with Gasteiger partial charge in [-0.05, 0) is 38.3 Å². The molecular weight excluding hydrogens is 304 g/mol. The molecule has 0 radical (unpaired) electrons. The Morgan fingerprint density at radius 2 is 2.23 bits per heavy atom. The van der Waals surface area contributed by atoms with Crippen molar-refractivity contribution in [3.05, 3.63) is 28.8 Å². The lowest BCUT2D eigenvalue weighted by Crippen LogP contribution is -2.43. The van der Waals surface area contributed by atoms with Crippen LogP contribution in [0.15, 0.2) is 18.2 Å². The van der Waals surface area contributed by atoms with Gasteiger partial charge in [0, 0.05) is 19.7 Å². The van der Waals surface area contributed by atoms with Crippen molar-refractivity contribution in [2.24, 2.45) is 0 Å². The van der Waals surface area contributed by atoms with Crippen molar-refractivity contribution in [2.75, 3.05) is 25.0 Å². The molecule has 2 amide bonds. The Labute approximate surface area is 135 Å². The third kappa shape index (κ3) is 3.99. The molecule has 22 heavy (non-hydrogen) atoms. The highest BCUT2D eigenvalue weighted by molar-refractivity contribution is 6.41. The summed E-state index contributed by atoms with van der Waals surface area (Å²) in [5.41, 5.74) is 1.30. The molecule has 1 aromatic rings. The second-order valence-electron chi connectivity index (χ2n) is 5.37. The fourth-order valence-corrected chi connectivity index (χ4v) is 2.63. The lowest BCUT2D eigenvalue weighted by atomic mass is 10.2. The summed E-state index contributed by atoms with van der Waals surface area (Å²) in [6.45, 7) is 5.33. The van der Waals surface area contributed by atoms with E-state index in [1.54, 1.807) is 12.1 Å². The van der Waals surface area contributed by atoms with Crippen LogP contribution in [0, 0.1) is 6.92 Å². The second kappa shape index (κ2) is 7.61. The van der Waals surface area contributed by atoms with Crippen LogP contribution in [0.4, 0.5) is 5.69 Å². The van der Waals surface area contributed by atoms with Crippen LogP contribution in [0.1, 0.15) is 25.3 Å². The van der Waals surface area contributed by atoms with Gasteiger partial charge in [-0.15, -0.1) is 0 Å². The van der Waals surface area contributed by atoms with Crippen LogP contribution in [0.25, 0.3) is 0 Å². The van der Waals surface area contributed by atoms with Gasteiger partial charge in [-0.1, -0.05) is 23.7 Å². The summed E-state index contributed by atoms with van der Waals surface area (Å²) in [7, 11) is 0. The van der Waals surface area contributed by atoms with Gasteiger partial charge in [0.25, 0.3) is 0 Å². The molecule has 0 saturated carbocycles. The number of nitrogens with zero attached hydrogens (tertiary/aromatic N) is 1. The predicted molar refractivity (Wildman–Crippen MR) is 86.0 cm³/mol. The number of likely N-dealkylation sites (N-methyl/N-ethyl adjacent to an activating group) is 1. The van der Waals surface area contributed by atoms with E-state index in [1.807, 2.05) is 19.9 Å². The molecule has 1 atom stereocenters. The maximum atomic E-state index is 12.3. The van der Waals surface area contributed by atoms with Crippen molar-refractivity contribution in [1.29, 1.82) is 0 Å². The summed E-state index contributed by atoms with van der Waals surface area (Å²) < 4.78 is 5.52. The number of aryl methyl sites for hydroxylation is 1. The topological polar surface area (TPSA) is 58.6 Å². The van der Waals surface area contributed by atoms with Crippen LogP contribution in [-0.2, 0) is 14.3 Å². The molecular formula is C16H21ClN2O3. The number of nitrogens with one attached hydrogen (secondary N) is 1. The molecule has 5 nitrogen and oxygen atoms in total. The highest BCUT2D eigenvalue weighted by Gasteiger charge is 2.26. The van der Waals surface area contributed by atoms with Crippen molar-refractivity contribution in [3.8, 4) is 0 Å². The molecule has 120 valence electrons. The number of rotatable bonds is 4. The summed E-state index contributed by atoms with van der Waals surface area (Å²) in [4.78, 5) is 25.9. The number of hydrogen-bond donors (Lipinski definition) is 1. The highest BCUT2D eigenvalue weighted by Crippen LogP contribution is 2.25. The quantitative estimate of drug-likeness (QED) is 0.866. The summed E-state index contributed by atoms with van der Waals surface area (Å²) in [5.74, 6) is -1.23. The third-order valence-corrected chi connectivity index (χ3v) is 4.25. The minimum atomic E-state index is -0.674. The van der Waals surface area contributed by atoms with Gasteiger partial charge in [-0.2, -0.15) is 0 Å². The van der Waals surface area contributed by atoms with E-state index in [4.69, 9.17) is 16.3 Å². The van der Waals surface area contributed by atoms with Crippen LogP contribution in [0.2, 0.25) is 5.02 Å². The lowest BCUT2D eigenvalue weighted by Gasteiger charge is -2.23. The minimum absolute atomic E-state index is 0.0271. The largest absolute Gasteiger partial charge is 0.376 e. The first-order valence-corrected chi connectivity index (χ1v) is 7.87. The fourth-order valence-electron chi connectivity index (χ4n) is 2.45. The molecule has 6 heteroatoms. The van der Waals surface area contributed by atoms with Gasteiger partial charge in [-0.3, -0.25) is 9.59 Å². The van der Waals surface area contributed by atoms with Gasteiger partial charge in [0.2, 0.25) is 0 Å². The number of carbonyl (C=O) groups excluding carboxylic acids is 2. The third-order valence-electron chi connectivity index (χ3n) is 3.75. The van der Waals surface area contributed by atoms with E-state index in [9.17, 15) is 9.59 Å². The Balaban J connectivity index is 2.00. The number of carbonyl (C=O) groups is 2. The highest BCUT2D eigenvalue weighted by atomic mass is 35.5. The number of hydrogen-bond acceptors (Lipinski definition) is 3. The molecule has 0 aromatic heterocycles. The number of halogens is 1. The van der Waals surface area contributed by atoms with Crippen LogP contribution in [-0.4, -0.2) is 42.5 Å². The molecule has 0 aliphatic carbocycles. The molecule has 1 N–H and O–H groups in total. The van der Waals surface area contributed by atoms with Gasteiger partial charge in [0.15, 0.2) is 0 Å². The average molecular weight is 325 g/mol. The Morgan fingerprint density at radius 3 is 2.86 bits per heavy atom. The number of ether oxygens (including phenoxy) is 1. The van der Waals surface area contributed by atoms with Crippen molar-refractivity contribution in [2.45, 2.75) is 32.8 Å². The maximum absolute atomic E-state index is 12.3. The molecule has 1 aromatic carbocycles. The number of benzene rings is 1. The average Bonchev–Trinajstić information content (AvgIpc) is 3.01. The van der Waals surface area contributed by atoms with Gasteiger partial charge in [-0.25, -0.2) is 0 Å². The Bertz CT molecular complexity index is 556. The first kappa shape index (κ1) is 16.8. The SMILES string of the molecule is CCN(C[C@@H]1CCCO1)C(=O)C(=O)Nc1cccc(C)c1Cl. The number of anilines is 1. The molecule has 1 fully saturated rings. The van der Waals surface area contributed by atoms with Crippen molar-refractivity contribution >= 4 is 29.1 Å². The Hall–Kier alpha value is -1.59. The van der Waals surface area contributed by atoms with E-state index in [2.05, 4.69) is 5.32 Å². The zero-order valence-electron chi connectivity index (χ0n) is 12.9. The maximum Gasteiger partial charge on any atom is 0.313 e. The van der Waals surface area contributed by atoms with E-state index in [1.165, 1.54) is 4.90 Å². The molecule has 1 aliphatic heterocycles. The first-order valence-electron chi connectivity index (χ1n) is 7.50. The van der Waals surface area contributed by atoms with E-state index >= 15 is 0 Å². The molecule has 1 aliphatic rings. The Kier molecular flexibility index (Phi) is 5.80. The zero-order valence-corrected chi connectivity index (χ0v) is 13.7. The lowest BCUT2D eigenvalue weighted by molar-refractivity contribution is -0.144. The van der Waals surface area contributed by atoms with Crippen LogP contribution < -0.4 is 5.32 Å². The molecule has 1 saturated heterocycles. The van der Waals surface area contributed by atoms with Gasteiger partial charge < -0.3 is 15.0 Å². The first-order chi connectivity index (χ1) is 10.5. The molecule has 0 spiro atoms. The fraction of sp³-hybridized carbons (Fsp3) is 0.500. The number of amides is 2. The molecule has 1 heterocycles. The summed E-state index contributed by atoms with van der Waals surface area (Å²) in [6, 6.07) is 5.30. The summed E-state index contributed by atoms with van der Waals surface area (Å²) in [5, 5.41) is 3.04. The van der Waals surface area contributed by atoms with Crippen LogP contribution >= 0.6 is 11.6 Å². The second-order valence-corrected chi connectivity index (χ2v) is 5.75. The van der Waals surface area contributed by atoms with Crippen molar-refractivity contribution in [3.63, 3.8) is 0 Å². The van der Waals surface area contributed by atoms with Crippen LogP contribution in [0.5, 0.6) is 0 Å². The molecule has 2 rings (SSSR count). The predicted octanol–water partition coefficient (Wildman–Crippen LogP) is 2.61. The van der Waals surface area contributed by atoms with Gasteiger partial charge >= 0.3 is 11.8 Å². The summed E-state index contributed by atoms with van der Waals surface area (Å²) in [6.07, 6.45) is 1.95. The van der Waals surface area contributed by atoms with Gasteiger partial charge in [0.05, 0.1) is 16.8 Å². The molecule has 0 bridgehead atoms. The minimum Gasteiger partial charge on any atom is -0.376 e. The van der Waals surface area contributed by atoms with E-state index in [-0.39, 0.29) is 6.10 Å². The standard InChI is InChI=1S/C16H21ClN2O3/c1-3-19(10-12-7-5-9-22-12)16(21)15(20)18-13-8-4-6-11(2)14(13)17/h4,6,8,12H,3,5,7,9-10H2,1-2H3,(H,18,20)/t12-/m0/s1. The van der Waals surface area contributed by atoms with Crippen molar-refractivity contribution < 1.29 is 14.3 Å². The van der Waals surface area contributed by atoms with E-state index in [0.717, 1.165) is 25.0 Å². The van der Waals surface area contributed by atoms with Crippen molar-refractivity contribution in [1.82, 2.24) is 4.90 Å². The summed E-state index contributed by atoms with van der Waals surface area (Å²) >= 11 is 6.13. The monoisotopic (exact) mass is 324 g/mol. The van der Waals surface area contributed by atoms with Crippen LogP contribution in [0.3, 0.4) is 0 Å². The normalized spacial score (nSPS) is 17.3. The van der Waals surface area contributed by atoms with E-state index in [0.29, 0.717) is 23.8 Å². The van der Waals surface area contributed by atoms with E-state index < -0.39 is 11.8 Å². The smallest absolute Gasteiger partial charge is 0.313 e. The zero-order chi connectivity index (χ0) is 16.1. The molecule has 0 unspecified atom stereocenters. The Morgan fingerprint density at radius 1 is 1.45 bits per heavy atom.